The number of hydrogen-bond donors (Lipinski definition) is 0. The van der Waals surface area contributed by atoms with Crippen LogP contribution in [0.5, 0.6) is 0 Å². The Morgan fingerprint density at radius 2 is 1.91 bits per heavy atom. The number of carbonyl (C=O) groups excluding carboxylic acids is 1. The summed E-state index contributed by atoms with van der Waals surface area (Å²) in [6, 6.07) is 14.9. The summed E-state index contributed by atoms with van der Waals surface area (Å²) in [7, 11) is 1.81. The Hall–Kier alpha value is -1.55. The molecule has 2 atom stereocenters. The number of amides is 1. The minimum absolute atomic E-state index is 0.00342. The molecule has 120 valence electrons. The molecule has 0 aromatic heterocycles. The van der Waals surface area contributed by atoms with E-state index in [2.05, 4.69) is 0 Å². The second-order valence-electron chi connectivity index (χ2n) is 5.70. The fourth-order valence-electron chi connectivity index (χ4n) is 2.65. The summed E-state index contributed by atoms with van der Waals surface area (Å²) in [5.41, 5.74) is 1.72. The summed E-state index contributed by atoms with van der Waals surface area (Å²) >= 11 is 12.1. The van der Waals surface area contributed by atoms with Crippen molar-refractivity contribution in [2.24, 2.45) is 0 Å². The van der Waals surface area contributed by atoms with Gasteiger partial charge in [-0.2, -0.15) is 0 Å². The molecule has 1 fully saturated rings. The molecule has 1 heterocycles. The molecular weight excluding hydrogens is 333 g/mol. The van der Waals surface area contributed by atoms with Gasteiger partial charge in [0.1, 0.15) is 0 Å². The highest BCUT2D eigenvalue weighted by molar-refractivity contribution is 6.42. The SMILES string of the molecule is CN(CC(c1ccc(Cl)c(Cl)c1)C1CO1)C(=O)c1ccccc1. The van der Waals surface area contributed by atoms with E-state index in [4.69, 9.17) is 27.9 Å². The molecule has 0 N–H and O–H groups in total. The van der Waals surface area contributed by atoms with Gasteiger partial charge >= 0.3 is 0 Å². The monoisotopic (exact) mass is 349 g/mol. The molecule has 1 aliphatic heterocycles. The fourth-order valence-corrected chi connectivity index (χ4v) is 2.95. The van der Waals surface area contributed by atoms with Crippen molar-refractivity contribution in [3.8, 4) is 0 Å². The van der Waals surface area contributed by atoms with Gasteiger partial charge in [0.05, 0.1) is 22.8 Å². The van der Waals surface area contributed by atoms with Crippen LogP contribution in [0, 0.1) is 0 Å². The molecule has 0 aliphatic carbocycles. The molecule has 0 bridgehead atoms. The van der Waals surface area contributed by atoms with Crippen LogP contribution in [-0.4, -0.2) is 37.1 Å². The summed E-state index contributed by atoms with van der Waals surface area (Å²) in [6.45, 7) is 1.27. The van der Waals surface area contributed by atoms with Crippen molar-refractivity contribution in [1.29, 1.82) is 0 Å². The first-order valence-electron chi connectivity index (χ1n) is 7.43. The van der Waals surface area contributed by atoms with Crippen LogP contribution in [0.15, 0.2) is 48.5 Å². The normalized spacial score (nSPS) is 17.6. The summed E-state index contributed by atoms with van der Waals surface area (Å²) in [5, 5.41) is 1.05. The van der Waals surface area contributed by atoms with E-state index < -0.39 is 0 Å². The van der Waals surface area contributed by atoms with E-state index in [1.165, 1.54) is 0 Å². The second kappa shape index (κ2) is 6.91. The van der Waals surface area contributed by atoms with Crippen LogP contribution in [0.2, 0.25) is 10.0 Å². The maximum Gasteiger partial charge on any atom is 0.253 e. The van der Waals surface area contributed by atoms with Gasteiger partial charge in [0.25, 0.3) is 5.91 Å². The second-order valence-corrected chi connectivity index (χ2v) is 6.52. The maximum atomic E-state index is 12.5. The number of nitrogens with zero attached hydrogens (tertiary/aromatic N) is 1. The van der Waals surface area contributed by atoms with Crippen molar-refractivity contribution in [2.75, 3.05) is 20.2 Å². The largest absolute Gasteiger partial charge is 0.372 e. The number of halogens is 2. The maximum absolute atomic E-state index is 12.5. The third-order valence-electron chi connectivity index (χ3n) is 4.02. The molecule has 1 aliphatic rings. The first-order valence-corrected chi connectivity index (χ1v) is 8.19. The van der Waals surface area contributed by atoms with E-state index in [9.17, 15) is 4.79 Å². The molecule has 23 heavy (non-hydrogen) atoms. The van der Waals surface area contributed by atoms with Crippen LogP contribution in [0.3, 0.4) is 0 Å². The van der Waals surface area contributed by atoms with Crippen LogP contribution >= 0.6 is 23.2 Å². The summed E-state index contributed by atoms with van der Waals surface area (Å²) < 4.78 is 5.47. The molecule has 5 heteroatoms. The molecular formula is C18H17Cl2NO2. The van der Waals surface area contributed by atoms with Crippen molar-refractivity contribution >= 4 is 29.1 Å². The minimum atomic E-state index is -0.00342. The molecule has 0 saturated carbocycles. The van der Waals surface area contributed by atoms with Gasteiger partial charge < -0.3 is 9.64 Å². The Morgan fingerprint density at radius 1 is 1.22 bits per heavy atom. The molecule has 0 radical (unpaired) electrons. The summed E-state index contributed by atoms with van der Waals surface area (Å²) in [6.07, 6.45) is 0.123. The van der Waals surface area contributed by atoms with Gasteiger partial charge in [0.2, 0.25) is 0 Å². The highest BCUT2D eigenvalue weighted by atomic mass is 35.5. The third-order valence-corrected chi connectivity index (χ3v) is 4.76. The Morgan fingerprint density at radius 3 is 2.52 bits per heavy atom. The van der Waals surface area contributed by atoms with Gasteiger partial charge in [-0.05, 0) is 29.8 Å². The highest BCUT2D eigenvalue weighted by Gasteiger charge is 2.35. The number of benzene rings is 2. The van der Waals surface area contributed by atoms with Crippen molar-refractivity contribution < 1.29 is 9.53 Å². The van der Waals surface area contributed by atoms with Gasteiger partial charge in [0.15, 0.2) is 0 Å². The van der Waals surface area contributed by atoms with E-state index >= 15 is 0 Å². The number of ether oxygens (including phenoxy) is 1. The number of epoxide rings is 1. The van der Waals surface area contributed by atoms with E-state index in [-0.39, 0.29) is 17.9 Å². The smallest absolute Gasteiger partial charge is 0.253 e. The third kappa shape index (κ3) is 3.86. The van der Waals surface area contributed by atoms with Crippen LogP contribution in [0.1, 0.15) is 21.8 Å². The molecule has 3 rings (SSSR count). The predicted octanol–water partition coefficient (Wildman–Crippen LogP) is 4.25. The van der Waals surface area contributed by atoms with Gasteiger partial charge in [0, 0.05) is 25.1 Å². The Balaban J connectivity index is 1.77. The molecule has 2 aromatic rings. The first kappa shape index (κ1) is 16.3. The average molecular weight is 350 g/mol. The quantitative estimate of drug-likeness (QED) is 0.756. The van der Waals surface area contributed by atoms with E-state index in [0.717, 1.165) is 5.56 Å². The Labute approximate surface area is 145 Å². The zero-order chi connectivity index (χ0) is 16.4. The van der Waals surface area contributed by atoms with E-state index in [1.807, 2.05) is 49.5 Å². The van der Waals surface area contributed by atoms with E-state index in [1.54, 1.807) is 11.0 Å². The lowest BCUT2D eigenvalue weighted by atomic mass is 9.95. The zero-order valence-corrected chi connectivity index (χ0v) is 14.2. The van der Waals surface area contributed by atoms with Gasteiger partial charge in [-0.15, -0.1) is 0 Å². The summed E-state index contributed by atoms with van der Waals surface area (Å²) in [4.78, 5) is 14.2. The molecule has 3 nitrogen and oxygen atoms in total. The topological polar surface area (TPSA) is 32.8 Å². The van der Waals surface area contributed by atoms with Crippen LogP contribution < -0.4 is 0 Å². The fraction of sp³-hybridized carbons (Fsp3) is 0.278. The average Bonchev–Trinajstić information content (AvgIpc) is 3.40. The minimum Gasteiger partial charge on any atom is -0.372 e. The van der Waals surface area contributed by atoms with Crippen molar-refractivity contribution in [3.05, 3.63) is 69.7 Å². The van der Waals surface area contributed by atoms with Crippen molar-refractivity contribution in [3.63, 3.8) is 0 Å². The lowest BCUT2D eigenvalue weighted by molar-refractivity contribution is 0.0781. The molecule has 1 saturated heterocycles. The standard InChI is InChI=1S/C18H17Cl2NO2/c1-21(18(22)12-5-3-2-4-6-12)10-14(17-11-23-17)13-7-8-15(19)16(20)9-13/h2-9,14,17H,10-11H2,1H3. The van der Waals surface area contributed by atoms with Crippen molar-refractivity contribution in [1.82, 2.24) is 4.90 Å². The Kier molecular flexibility index (Phi) is 4.90. The summed E-state index contributed by atoms with van der Waals surface area (Å²) in [5.74, 6) is 0.0822. The van der Waals surface area contributed by atoms with Crippen LogP contribution in [0.25, 0.3) is 0 Å². The van der Waals surface area contributed by atoms with Gasteiger partial charge in [-0.25, -0.2) is 0 Å². The van der Waals surface area contributed by atoms with Crippen LogP contribution in [-0.2, 0) is 4.74 Å². The highest BCUT2D eigenvalue weighted by Crippen LogP contribution is 2.34. The number of carbonyl (C=O) groups is 1. The molecule has 1 amide bonds. The predicted molar refractivity (Wildman–Crippen MR) is 92.3 cm³/mol. The van der Waals surface area contributed by atoms with Gasteiger partial charge in [-0.3, -0.25) is 4.79 Å². The molecule has 2 aromatic carbocycles. The Bertz CT molecular complexity index is 701. The molecule has 0 spiro atoms. The van der Waals surface area contributed by atoms with Crippen LogP contribution in [0.4, 0.5) is 0 Å². The molecule has 2 unspecified atom stereocenters. The van der Waals surface area contributed by atoms with E-state index in [0.29, 0.717) is 28.8 Å². The lowest BCUT2D eigenvalue weighted by Gasteiger charge is -2.24. The number of rotatable bonds is 5. The van der Waals surface area contributed by atoms with Crippen molar-refractivity contribution in [2.45, 2.75) is 12.0 Å². The lowest BCUT2D eigenvalue weighted by Crippen LogP contribution is -2.32. The first-order chi connectivity index (χ1) is 11.1. The number of hydrogen-bond acceptors (Lipinski definition) is 2. The zero-order valence-electron chi connectivity index (χ0n) is 12.7. The van der Waals surface area contributed by atoms with Gasteiger partial charge in [-0.1, -0.05) is 47.5 Å². The number of likely N-dealkylation sites (N-methyl/N-ethyl adjacent to an activating group) is 1.